The lowest BCUT2D eigenvalue weighted by Crippen LogP contribution is -2.10. The minimum atomic E-state index is 0.634. The predicted octanol–water partition coefficient (Wildman–Crippen LogP) is 8.07. The van der Waals surface area contributed by atoms with Crippen molar-refractivity contribution in [1.82, 2.24) is 0 Å². The van der Waals surface area contributed by atoms with Crippen molar-refractivity contribution in [3.63, 3.8) is 0 Å². The zero-order chi connectivity index (χ0) is 18.9. The van der Waals surface area contributed by atoms with Crippen molar-refractivity contribution < 1.29 is 4.74 Å². The predicted molar refractivity (Wildman–Crippen MR) is 117 cm³/mol. The molecule has 4 aromatic rings. The van der Waals surface area contributed by atoms with Crippen molar-refractivity contribution in [2.45, 2.75) is 9.79 Å². The fourth-order valence-electron chi connectivity index (χ4n) is 3.30. The molecule has 0 amide bonds. The van der Waals surface area contributed by atoms with Gasteiger partial charge in [0.05, 0.1) is 14.8 Å². The van der Waals surface area contributed by atoms with Gasteiger partial charge in [-0.1, -0.05) is 65.8 Å². The number of ether oxygens (including phenoxy) is 1. The first kappa shape index (κ1) is 17.2. The van der Waals surface area contributed by atoms with Crippen LogP contribution in [-0.4, -0.2) is 0 Å². The van der Waals surface area contributed by atoms with Crippen molar-refractivity contribution in [2.24, 2.45) is 0 Å². The standard InChI is InChI=1S/C24H16ClNOS/c25-20-12-7-13-22-24(20)27-21-15-14-19(16-23(21)28-22)26(17-8-3-1-4-9-17)18-10-5-2-6-11-18/h1-16H. The van der Waals surface area contributed by atoms with Crippen molar-refractivity contribution >= 4 is 40.4 Å². The minimum Gasteiger partial charge on any atom is -0.453 e. The Hall–Kier alpha value is -2.88. The van der Waals surface area contributed by atoms with Crippen LogP contribution >= 0.6 is 23.4 Å². The van der Waals surface area contributed by atoms with Gasteiger partial charge in [0.2, 0.25) is 0 Å². The van der Waals surface area contributed by atoms with Crippen LogP contribution in [0.5, 0.6) is 11.5 Å². The zero-order valence-corrected chi connectivity index (χ0v) is 16.5. The van der Waals surface area contributed by atoms with Gasteiger partial charge < -0.3 is 9.64 Å². The Labute approximate surface area is 173 Å². The van der Waals surface area contributed by atoms with Crippen molar-refractivity contribution in [3.8, 4) is 11.5 Å². The number of benzene rings is 4. The van der Waals surface area contributed by atoms with Gasteiger partial charge in [0.15, 0.2) is 5.75 Å². The molecule has 0 bridgehead atoms. The van der Waals surface area contributed by atoms with Crippen LogP contribution in [0.2, 0.25) is 5.02 Å². The lowest BCUT2D eigenvalue weighted by Gasteiger charge is -2.27. The van der Waals surface area contributed by atoms with Gasteiger partial charge in [-0.25, -0.2) is 0 Å². The molecular weight excluding hydrogens is 386 g/mol. The summed E-state index contributed by atoms with van der Waals surface area (Å²) in [5, 5.41) is 0.634. The zero-order valence-electron chi connectivity index (χ0n) is 14.9. The second-order valence-corrected chi connectivity index (χ2v) is 7.90. The van der Waals surface area contributed by atoms with Gasteiger partial charge in [-0.15, -0.1) is 0 Å². The first-order valence-electron chi connectivity index (χ1n) is 8.98. The average molecular weight is 402 g/mol. The second kappa shape index (κ2) is 7.27. The normalized spacial score (nSPS) is 11.9. The quantitative estimate of drug-likeness (QED) is 0.303. The van der Waals surface area contributed by atoms with Crippen molar-refractivity contribution in [1.29, 1.82) is 0 Å². The summed E-state index contributed by atoms with van der Waals surface area (Å²) in [7, 11) is 0. The Kier molecular flexibility index (Phi) is 4.47. The highest BCUT2D eigenvalue weighted by atomic mass is 35.5. The molecule has 0 fully saturated rings. The number of rotatable bonds is 3. The van der Waals surface area contributed by atoms with E-state index in [1.54, 1.807) is 11.8 Å². The molecule has 28 heavy (non-hydrogen) atoms. The maximum absolute atomic E-state index is 6.30. The molecule has 0 aromatic heterocycles. The van der Waals surface area contributed by atoms with Gasteiger partial charge in [0, 0.05) is 17.1 Å². The summed E-state index contributed by atoms with van der Waals surface area (Å²) in [5.41, 5.74) is 3.30. The molecule has 1 heterocycles. The average Bonchev–Trinajstić information content (AvgIpc) is 2.75. The Balaban J connectivity index is 1.60. The molecule has 0 saturated heterocycles. The molecule has 1 aliphatic heterocycles. The van der Waals surface area contributed by atoms with E-state index in [2.05, 4.69) is 65.6 Å². The molecule has 5 rings (SSSR count). The first-order chi connectivity index (χ1) is 13.8. The summed E-state index contributed by atoms with van der Waals surface area (Å²) < 4.78 is 6.08. The summed E-state index contributed by atoms with van der Waals surface area (Å²) in [4.78, 5) is 4.35. The van der Waals surface area contributed by atoms with E-state index in [4.69, 9.17) is 16.3 Å². The van der Waals surface area contributed by atoms with Crippen LogP contribution in [0.15, 0.2) is 107 Å². The van der Waals surface area contributed by atoms with E-state index >= 15 is 0 Å². The molecular formula is C24H16ClNOS. The third-order valence-electron chi connectivity index (χ3n) is 4.58. The number of para-hydroxylation sites is 3. The Bertz CT molecular complexity index is 1090. The van der Waals surface area contributed by atoms with Gasteiger partial charge >= 0.3 is 0 Å². The smallest absolute Gasteiger partial charge is 0.159 e. The molecule has 0 saturated carbocycles. The lowest BCUT2D eigenvalue weighted by molar-refractivity contribution is 0.455. The molecule has 0 unspecified atom stereocenters. The fraction of sp³-hybridized carbons (Fsp3) is 0. The summed E-state index contributed by atoms with van der Waals surface area (Å²) in [6, 6.07) is 32.9. The molecule has 0 atom stereocenters. The van der Waals surface area contributed by atoms with Gasteiger partial charge in [-0.2, -0.15) is 0 Å². The van der Waals surface area contributed by atoms with E-state index in [0.717, 1.165) is 38.4 Å². The third kappa shape index (κ3) is 3.13. The SMILES string of the molecule is Clc1cccc2c1Oc1ccc(N(c3ccccc3)c3ccccc3)cc1S2. The molecule has 1 aliphatic rings. The van der Waals surface area contributed by atoms with Crippen molar-refractivity contribution in [2.75, 3.05) is 4.90 Å². The maximum atomic E-state index is 6.30. The van der Waals surface area contributed by atoms with E-state index in [0.29, 0.717) is 5.02 Å². The number of halogens is 1. The van der Waals surface area contributed by atoms with Gasteiger partial charge in [0.1, 0.15) is 5.75 Å². The van der Waals surface area contributed by atoms with Crippen LogP contribution in [0.1, 0.15) is 0 Å². The molecule has 4 heteroatoms. The topological polar surface area (TPSA) is 12.5 Å². The highest BCUT2D eigenvalue weighted by molar-refractivity contribution is 7.99. The number of hydrogen-bond acceptors (Lipinski definition) is 3. The Morgan fingerprint density at radius 2 is 1.32 bits per heavy atom. The van der Waals surface area contributed by atoms with E-state index in [1.807, 2.05) is 36.4 Å². The molecule has 136 valence electrons. The van der Waals surface area contributed by atoms with Crippen LogP contribution in [0.25, 0.3) is 0 Å². The molecule has 2 nitrogen and oxygen atoms in total. The third-order valence-corrected chi connectivity index (χ3v) is 5.96. The molecule has 0 aliphatic carbocycles. The van der Waals surface area contributed by atoms with Crippen LogP contribution in [0, 0.1) is 0 Å². The molecule has 4 aromatic carbocycles. The van der Waals surface area contributed by atoms with Gasteiger partial charge in [-0.3, -0.25) is 0 Å². The molecule has 0 radical (unpaired) electrons. The van der Waals surface area contributed by atoms with Crippen LogP contribution in [-0.2, 0) is 0 Å². The number of hydrogen-bond donors (Lipinski definition) is 0. The summed E-state index contributed by atoms with van der Waals surface area (Å²) in [5.74, 6) is 1.56. The van der Waals surface area contributed by atoms with Crippen LogP contribution in [0.3, 0.4) is 0 Å². The first-order valence-corrected chi connectivity index (χ1v) is 10.2. The monoisotopic (exact) mass is 401 g/mol. The molecule has 0 spiro atoms. The maximum Gasteiger partial charge on any atom is 0.159 e. The summed E-state index contributed by atoms with van der Waals surface area (Å²) in [6.45, 7) is 0. The van der Waals surface area contributed by atoms with Crippen LogP contribution < -0.4 is 9.64 Å². The lowest BCUT2D eigenvalue weighted by atomic mass is 10.2. The van der Waals surface area contributed by atoms with Gasteiger partial charge in [-0.05, 0) is 54.6 Å². The van der Waals surface area contributed by atoms with Gasteiger partial charge in [0.25, 0.3) is 0 Å². The number of fused-ring (bicyclic) bond motifs is 2. The van der Waals surface area contributed by atoms with E-state index in [1.165, 1.54) is 0 Å². The van der Waals surface area contributed by atoms with E-state index in [-0.39, 0.29) is 0 Å². The van der Waals surface area contributed by atoms with Crippen LogP contribution in [0.4, 0.5) is 17.1 Å². The molecule has 0 N–H and O–H groups in total. The number of nitrogens with zero attached hydrogens (tertiary/aromatic N) is 1. The summed E-state index contributed by atoms with van der Waals surface area (Å²) >= 11 is 7.99. The highest BCUT2D eigenvalue weighted by Crippen LogP contribution is 2.51. The van der Waals surface area contributed by atoms with E-state index in [9.17, 15) is 0 Å². The minimum absolute atomic E-state index is 0.634. The van der Waals surface area contributed by atoms with E-state index < -0.39 is 0 Å². The Morgan fingerprint density at radius 1 is 0.643 bits per heavy atom. The van der Waals surface area contributed by atoms with Crippen molar-refractivity contribution in [3.05, 3.63) is 102 Å². The Morgan fingerprint density at radius 3 is 2.00 bits per heavy atom. The highest BCUT2D eigenvalue weighted by Gasteiger charge is 2.22. The fourth-order valence-corrected chi connectivity index (χ4v) is 4.59. The summed E-state index contributed by atoms with van der Waals surface area (Å²) in [6.07, 6.45) is 0. The number of anilines is 3. The second-order valence-electron chi connectivity index (χ2n) is 6.41. The largest absolute Gasteiger partial charge is 0.453 e.